The maximum atomic E-state index is 14.5. The molecule has 1 fully saturated rings. The Hall–Kier alpha value is -5.76. The van der Waals surface area contributed by atoms with Crippen LogP contribution in [0.15, 0.2) is 52.7 Å². The number of fused-ring (bicyclic) bond motifs is 5. The number of amides is 4. The number of anilines is 1. The monoisotopic (exact) mass is 817 g/mol. The van der Waals surface area contributed by atoms with Crippen LogP contribution in [0.1, 0.15) is 71.1 Å². The fraction of sp³-hybridized carbons (Fsp3) is 0.400. The highest BCUT2D eigenvalue weighted by molar-refractivity contribution is 7.46. The minimum absolute atomic E-state index is 0.0684. The lowest BCUT2D eigenvalue weighted by Crippen LogP contribution is -2.52. The molecule has 3 aliphatic rings. The molecule has 0 unspecified atom stereocenters. The van der Waals surface area contributed by atoms with E-state index in [2.05, 4.69) is 20.0 Å². The van der Waals surface area contributed by atoms with E-state index < -0.39 is 85.2 Å². The van der Waals surface area contributed by atoms with Gasteiger partial charge in [0, 0.05) is 69.2 Å². The SMILES string of the molecule is CC1=NO[C@@]2(CC[C@H](C)N3C[C@H]2n2cc(C(=O)NCc4ccc(F)cc4F)c(=O)c(OC(=O)N(C)c4ncccc4CN(C)C(=O)OCOP(=O)(O)O)c2C3=O)C1. The number of oxime groups is 1. The van der Waals surface area contributed by atoms with E-state index in [1.807, 2.05) is 6.92 Å². The van der Waals surface area contributed by atoms with E-state index in [4.69, 9.17) is 24.1 Å². The van der Waals surface area contributed by atoms with Gasteiger partial charge in [0.15, 0.2) is 11.3 Å². The summed E-state index contributed by atoms with van der Waals surface area (Å²) in [5, 5.41) is 6.64. The summed E-state index contributed by atoms with van der Waals surface area (Å²) < 4.78 is 54.9. The van der Waals surface area contributed by atoms with Crippen LogP contribution in [0.25, 0.3) is 0 Å². The van der Waals surface area contributed by atoms with Gasteiger partial charge in [0.25, 0.3) is 11.8 Å². The molecule has 1 spiro atoms. The Kier molecular flexibility index (Phi) is 11.5. The Bertz CT molecular complexity index is 2270. The van der Waals surface area contributed by atoms with Crippen molar-refractivity contribution < 1.29 is 61.1 Å². The van der Waals surface area contributed by atoms with Gasteiger partial charge in [0.05, 0.1) is 18.3 Å². The molecular formula is C35H38F2N7O12P. The first-order valence-corrected chi connectivity index (χ1v) is 18.9. The van der Waals surface area contributed by atoms with E-state index in [0.717, 1.165) is 21.9 Å². The average molecular weight is 818 g/mol. The molecule has 4 amide bonds. The van der Waals surface area contributed by atoms with E-state index in [0.29, 0.717) is 31.0 Å². The highest BCUT2D eigenvalue weighted by Crippen LogP contribution is 2.46. The van der Waals surface area contributed by atoms with Crippen molar-refractivity contribution in [1.82, 2.24) is 24.7 Å². The first kappa shape index (κ1) is 40.9. The quantitative estimate of drug-likeness (QED) is 0.197. The van der Waals surface area contributed by atoms with Crippen molar-refractivity contribution in [2.24, 2.45) is 5.16 Å². The molecule has 3 aromatic rings. The molecule has 3 N–H and O–H groups in total. The zero-order valence-corrected chi connectivity index (χ0v) is 31.9. The molecule has 22 heteroatoms. The van der Waals surface area contributed by atoms with Crippen molar-refractivity contribution in [1.29, 1.82) is 0 Å². The molecule has 57 heavy (non-hydrogen) atoms. The number of ether oxygens (including phenoxy) is 2. The smallest absolute Gasteiger partial charge is 0.422 e. The molecule has 5 heterocycles. The number of carbonyl (C=O) groups is 4. The van der Waals surface area contributed by atoms with Crippen LogP contribution in [-0.4, -0.2) is 97.9 Å². The van der Waals surface area contributed by atoms with Gasteiger partial charge < -0.3 is 43.8 Å². The Balaban J connectivity index is 1.36. The van der Waals surface area contributed by atoms with Crippen LogP contribution in [0.3, 0.4) is 0 Å². The zero-order chi connectivity index (χ0) is 41.4. The highest BCUT2D eigenvalue weighted by Gasteiger charge is 2.54. The second-order valence-electron chi connectivity index (χ2n) is 13.8. The van der Waals surface area contributed by atoms with Crippen molar-refractivity contribution in [3.05, 3.63) is 87.0 Å². The molecule has 304 valence electrons. The van der Waals surface area contributed by atoms with Gasteiger partial charge in [-0.25, -0.2) is 32.4 Å². The molecular weight excluding hydrogens is 779 g/mol. The van der Waals surface area contributed by atoms with Gasteiger partial charge in [-0.05, 0) is 38.8 Å². The molecule has 19 nitrogen and oxygen atoms in total. The lowest BCUT2D eigenvalue weighted by atomic mass is 9.84. The predicted molar refractivity (Wildman–Crippen MR) is 193 cm³/mol. The van der Waals surface area contributed by atoms with Crippen LogP contribution >= 0.6 is 7.82 Å². The third-order valence-electron chi connectivity index (χ3n) is 9.89. The Morgan fingerprint density at radius 3 is 2.58 bits per heavy atom. The lowest BCUT2D eigenvalue weighted by molar-refractivity contribution is -0.0655. The fourth-order valence-corrected chi connectivity index (χ4v) is 7.17. The zero-order valence-electron chi connectivity index (χ0n) is 31.0. The molecule has 1 aromatic carbocycles. The summed E-state index contributed by atoms with van der Waals surface area (Å²) in [6.07, 6.45) is 1.54. The minimum atomic E-state index is -4.91. The first-order valence-electron chi connectivity index (χ1n) is 17.4. The van der Waals surface area contributed by atoms with Crippen LogP contribution in [0.5, 0.6) is 5.75 Å². The summed E-state index contributed by atoms with van der Waals surface area (Å²) in [5.41, 5.74) is -2.19. The minimum Gasteiger partial charge on any atom is -0.422 e. The Morgan fingerprint density at radius 1 is 1.14 bits per heavy atom. The molecule has 3 atom stereocenters. The topological polar surface area (TPSA) is 232 Å². The third-order valence-corrected chi connectivity index (χ3v) is 10.3. The molecule has 0 saturated carbocycles. The maximum Gasteiger partial charge on any atom is 0.472 e. The van der Waals surface area contributed by atoms with Crippen LogP contribution in [0.4, 0.5) is 24.2 Å². The van der Waals surface area contributed by atoms with Crippen LogP contribution in [0.2, 0.25) is 0 Å². The van der Waals surface area contributed by atoms with E-state index in [9.17, 15) is 37.3 Å². The summed E-state index contributed by atoms with van der Waals surface area (Å²) in [7, 11) is -2.38. The van der Waals surface area contributed by atoms with Crippen molar-refractivity contribution in [3.63, 3.8) is 0 Å². The summed E-state index contributed by atoms with van der Waals surface area (Å²) >= 11 is 0. The molecule has 2 aromatic heterocycles. The Labute approximate surface area is 323 Å². The molecule has 6 rings (SSSR count). The number of halogens is 2. The third kappa shape index (κ3) is 8.51. The average Bonchev–Trinajstić information content (AvgIpc) is 3.48. The normalized spacial score (nSPS) is 19.9. The summed E-state index contributed by atoms with van der Waals surface area (Å²) in [6.45, 7) is 1.97. The molecule has 2 bridgehead atoms. The van der Waals surface area contributed by atoms with Crippen molar-refractivity contribution in [2.75, 3.05) is 32.3 Å². The van der Waals surface area contributed by atoms with Gasteiger partial charge in [-0.15, -0.1) is 0 Å². The van der Waals surface area contributed by atoms with Crippen LogP contribution in [-0.2, 0) is 31.8 Å². The highest BCUT2D eigenvalue weighted by atomic mass is 31.2. The van der Waals surface area contributed by atoms with Crippen LogP contribution < -0.4 is 20.4 Å². The summed E-state index contributed by atoms with van der Waals surface area (Å²) in [6, 6.07) is 4.71. The molecule has 1 saturated heterocycles. The number of aromatic nitrogens is 2. The van der Waals surface area contributed by atoms with E-state index in [1.165, 1.54) is 43.2 Å². The van der Waals surface area contributed by atoms with Gasteiger partial charge in [-0.2, -0.15) is 0 Å². The number of rotatable bonds is 10. The van der Waals surface area contributed by atoms with Crippen molar-refractivity contribution in [3.8, 4) is 5.75 Å². The maximum absolute atomic E-state index is 14.5. The Morgan fingerprint density at radius 2 is 1.89 bits per heavy atom. The van der Waals surface area contributed by atoms with Gasteiger partial charge >= 0.3 is 20.0 Å². The molecule has 0 radical (unpaired) electrons. The number of benzene rings is 1. The summed E-state index contributed by atoms with van der Waals surface area (Å²) in [4.78, 5) is 100. The standard InChI is InChI=1S/C35H38F2N7O12P/c1-19-13-35(56-40-19)10-9-20(2)43-17-26(35)44-16-24(31(46)39-14-21-7-8-23(36)12-25(21)37)28(45)29(27(44)32(43)47)55-34(49)42(4)30-22(6-5-11-38-30)15-41(3)33(48)53-18-54-57(50,51)52/h5-8,11-12,16,20,26H,9-10,13-15,17-18H2,1-4H3,(H,39,46)(H2,50,51,52)/t20-,26+,35-/m0/s1. The first-order chi connectivity index (χ1) is 26.9. The number of phosphoric ester groups is 1. The number of hydrogen-bond donors (Lipinski definition) is 3. The largest absolute Gasteiger partial charge is 0.472 e. The second-order valence-corrected chi connectivity index (χ2v) is 15.1. The van der Waals surface area contributed by atoms with Gasteiger partial charge in [-0.1, -0.05) is 17.3 Å². The van der Waals surface area contributed by atoms with Crippen LogP contribution in [0, 0.1) is 11.6 Å². The van der Waals surface area contributed by atoms with Gasteiger partial charge in [0.1, 0.15) is 23.0 Å². The second kappa shape index (κ2) is 16.0. The number of phosphoric acid groups is 1. The number of carbonyl (C=O) groups excluding carboxylic acids is 4. The lowest BCUT2D eigenvalue weighted by Gasteiger charge is -2.42. The van der Waals surface area contributed by atoms with Crippen molar-refractivity contribution >= 4 is 43.4 Å². The fourth-order valence-electron chi connectivity index (χ4n) is 6.98. The van der Waals surface area contributed by atoms with E-state index >= 15 is 0 Å². The van der Waals surface area contributed by atoms with E-state index in [-0.39, 0.29) is 41.8 Å². The van der Waals surface area contributed by atoms with Crippen molar-refractivity contribution in [2.45, 2.75) is 63.9 Å². The number of pyridine rings is 2. The molecule has 3 aliphatic heterocycles. The number of nitrogens with zero attached hydrogens (tertiary/aromatic N) is 6. The van der Waals surface area contributed by atoms with Gasteiger partial charge in [0.2, 0.25) is 18.0 Å². The predicted octanol–water partition coefficient (Wildman–Crippen LogP) is 3.44. The van der Waals surface area contributed by atoms with Gasteiger partial charge in [-0.3, -0.25) is 19.3 Å². The number of hydrogen-bond acceptors (Lipinski definition) is 12. The number of nitrogens with one attached hydrogen (secondary N) is 1. The summed E-state index contributed by atoms with van der Waals surface area (Å²) in [5.74, 6) is -4.28. The molecule has 0 aliphatic carbocycles. The van der Waals surface area contributed by atoms with E-state index in [1.54, 1.807) is 11.8 Å².